The highest BCUT2D eigenvalue weighted by Crippen LogP contribution is 2.37. The molecule has 0 radical (unpaired) electrons. The molecule has 0 spiro atoms. The van der Waals surface area contributed by atoms with Gasteiger partial charge in [0.2, 0.25) is 11.7 Å². The molecule has 2 heterocycles. The van der Waals surface area contributed by atoms with E-state index >= 15 is 0 Å². The Hall–Kier alpha value is -3.80. The second kappa shape index (κ2) is 11.7. The van der Waals surface area contributed by atoms with Crippen LogP contribution in [0.3, 0.4) is 0 Å². The van der Waals surface area contributed by atoms with Crippen LogP contribution in [0.25, 0.3) is 11.4 Å². The third-order valence-corrected chi connectivity index (χ3v) is 6.31. The standard InChI is InChI=1S/C26H29F3N6O3/c1-3-21(25(37)30-15-19-7-6-14-38-19)35(22-9-5-4-8-20(22)26(27,28)29)23(36)16-34-32-24(31-33-34)18-12-10-17(2)11-13-18/h4-5,8-13,19,21H,3,6-7,14-16H2,1-2H3,(H,30,37)/t19-,21+/m0/s1. The molecule has 0 unspecified atom stereocenters. The van der Waals surface area contributed by atoms with Gasteiger partial charge in [-0.15, -0.1) is 10.2 Å². The minimum Gasteiger partial charge on any atom is -0.376 e. The summed E-state index contributed by atoms with van der Waals surface area (Å²) in [7, 11) is 0. The summed E-state index contributed by atoms with van der Waals surface area (Å²) in [6, 6.07) is 10.8. The topological polar surface area (TPSA) is 102 Å². The summed E-state index contributed by atoms with van der Waals surface area (Å²) in [6.45, 7) is 3.86. The number of nitrogens with one attached hydrogen (secondary N) is 1. The largest absolute Gasteiger partial charge is 0.418 e. The molecule has 1 N–H and O–H groups in total. The predicted molar refractivity (Wildman–Crippen MR) is 133 cm³/mol. The fraction of sp³-hybridized carbons (Fsp3) is 0.423. The Kier molecular flexibility index (Phi) is 8.40. The van der Waals surface area contributed by atoms with Gasteiger partial charge in [0.05, 0.1) is 17.4 Å². The quantitative estimate of drug-likeness (QED) is 0.452. The van der Waals surface area contributed by atoms with Crippen molar-refractivity contribution in [3.8, 4) is 11.4 Å². The lowest BCUT2D eigenvalue weighted by Crippen LogP contribution is -2.52. The number of benzene rings is 2. The van der Waals surface area contributed by atoms with Gasteiger partial charge in [-0.05, 0) is 43.5 Å². The number of carbonyl (C=O) groups excluding carboxylic acids is 2. The molecular weight excluding hydrogens is 501 g/mol. The zero-order chi connectivity index (χ0) is 27.3. The fourth-order valence-electron chi connectivity index (χ4n) is 4.35. The summed E-state index contributed by atoms with van der Waals surface area (Å²) in [5.41, 5.74) is 0.279. The van der Waals surface area contributed by atoms with E-state index in [9.17, 15) is 22.8 Å². The number of amides is 2. The number of aromatic nitrogens is 4. The van der Waals surface area contributed by atoms with Gasteiger partial charge in [0.25, 0.3) is 5.91 Å². The second-order valence-electron chi connectivity index (χ2n) is 9.09. The minimum absolute atomic E-state index is 0.0781. The number of aryl methyl sites for hydroxylation is 1. The summed E-state index contributed by atoms with van der Waals surface area (Å²) in [6.07, 6.45) is -3.18. The number of anilines is 1. The van der Waals surface area contributed by atoms with Crippen molar-refractivity contribution in [3.63, 3.8) is 0 Å². The van der Waals surface area contributed by atoms with Gasteiger partial charge in [0.1, 0.15) is 12.6 Å². The van der Waals surface area contributed by atoms with E-state index in [1.807, 2.05) is 19.1 Å². The maximum Gasteiger partial charge on any atom is 0.418 e. The second-order valence-corrected chi connectivity index (χ2v) is 9.09. The van der Waals surface area contributed by atoms with Crippen molar-refractivity contribution < 1.29 is 27.5 Å². The van der Waals surface area contributed by atoms with Gasteiger partial charge in [-0.2, -0.15) is 18.0 Å². The van der Waals surface area contributed by atoms with E-state index in [2.05, 4.69) is 20.7 Å². The maximum atomic E-state index is 13.9. The third-order valence-electron chi connectivity index (χ3n) is 6.31. The molecule has 0 bridgehead atoms. The highest BCUT2D eigenvalue weighted by Gasteiger charge is 2.39. The summed E-state index contributed by atoms with van der Waals surface area (Å²) in [5, 5.41) is 14.8. The molecule has 0 saturated carbocycles. The van der Waals surface area contributed by atoms with E-state index in [0.717, 1.165) is 34.2 Å². The normalized spacial score (nSPS) is 16.3. The zero-order valence-corrected chi connectivity index (χ0v) is 21.1. The SMILES string of the molecule is CC[C@H](C(=O)NC[C@@H]1CCCO1)N(C(=O)Cn1nnc(-c2ccc(C)cc2)n1)c1ccccc1C(F)(F)F. The van der Waals surface area contributed by atoms with Crippen LogP contribution in [0.2, 0.25) is 0 Å². The lowest BCUT2D eigenvalue weighted by molar-refractivity contribution is -0.137. The average Bonchev–Trinajstić information content (AvgIpc) is 3.58. The number of tetrazole rings is 1. The Labute approximate surface area is 218 Å². The highest BCUT2D eigenvalue weighted by molar-refractivity contribution is 6.01. The monoisotopic (exact) mass is 530 g/mol. The minimum atomic E-state index is -4.74. The summed E-state index contributed by atoms with van der Waals surface area (Å²) >= 11 is 0. The molecule has 12 heteroatoms. The number of alkyl halides is 3. The molecule has 38 heavy (non-hydrogen) atoms. The number of nitrogens with zero attached hydrogens (tertiary/aromatic N) is 5. The van der Waals surface area contributed by atoms with Gasteiger partial charge >= 0.3 is 6.18 Å². The predicted octanol–water partition coefficient (Wildman–Crippen LogP) is 3.77. The van der Waals surface area contributed by atoms with Crippen LogP contribution >= 0.6 is 0 Å². The summed E-state index contributed by atoms with van der Waals surface area (Å²) < 4.78 is 47.4. The van der Waals surface area contributed by atoms with E-state index in [4.69, 9.17) is 4.74 Å². The van der Waals surface area contributed by atoms with Crippen molar-refractivity contribution in [2.75, 3.05) is 18.1 Å². The number of halogens is 3. The van der Waals surface area contributed by atoms with Crippen molar-refractivity contribution in [3.05, 3.63) is 59.7 Å². The first-order chi connectivity index (χ1) is 18.2. The molecule has 2 atom stereocenters. The van der Waals surface area contributed by atoms with E-state index in [0.29, 0.717) is 12.2 Å². The average molecular weight is 531 g/mol. The van der Waals surface area contributed by atoms with Gasteiger partial charge in [0, 0.05) is 18.7 Å². The van der Waals surface area contributed by atoms with E-state index in [1.165, 1.54) is 18.2 Å². The Morgan fingerprint density at radius 1 is 1.18 bits per heavy atom. The smallest absolute Gasteiger partial charge is 0.376 e. The Morgan fingerprint density at radius 3 is 2.58 bits per heavy atom. The molecule has 3 aromatic rings. The van der Waals surface area contributed by atoms with Gasteiger partial charge < -0.3 is 10.1 Å². The van der Waals surface area contributed by atoms with E-state index in [-0.39, 0.29) is 24.9 Å². The first kappa shape index (κ1) is 27.2. The van der Waals surface area contributed by atoms with Gasteiger partial charge in [0.15, 0.2) is 0 Å². The fourth-order valence-corrected chi connectivity index (χ4v) is 4.35. The number of para-hydroxylation sites is 1. The molecule has 2 amide bonds. The van der Waals surface area contributed by atoms with Gasteiger partial charge in [-0.1, -0.05) is 48.9 Å². The zero-order valence-electron chi connectivity index (χ0n) is 21.1. The first-order valence-corrected chi connectivity index (χ1v) is 12.4. The van der Waals surface area contributed by atoms with Crippen molar-refractivity contribution in [1.82, 2.24) is 25.5 Å². The van der Waals surface area contributed by atoms with Crippen molar-refractivity contribution in [2.24, 2.45) is 0 Å². The Balaban J connectivity index is 1.63. The van der Waals surface area contributed by atoms with Crippen LogP contribution in [0, 0.1) is 6.92 Å². The van der Waals surface area contributed by atoms with E-state index in [1.54, 1.807) is 19.1 Å². The molecule has 202 valence electrons. The Bertz CT molecular complexity index is 1260. The Morgan fingerprint density at radius 2 is 1.92 bits per heavy atom. The number of ether oxygens (including phenoxy) is 1. The highest BCUT2D eigenvalue weighted by atomic mass is 19.4. The number of hydrogen-bond donors (Lipinski definition) is 1. The summed E-state index contributed by atoms with van der Waals surface area (Å²) in [5.74, 6) is -1.09. The molecule has 1 aromatic heterocycles. The van der Waals surface area contributed by atoms with Gasteiger partial charge in [-0.25, -0.2) is 0 Å². The molecule has 4 rings (SSSR count). The number of rotatable bonds is 9. The van der Waals surface area contributed by atoms with Crippen LogP contribution in [-0.2, 0) is 27.0 Å². The number of hydrogen-bond acceptors (Lipinski definition) is 6. The van der Waals surface area contributed by atoms with Crippen molar-refractivity contribution >= 4 is 17.5 Å². The number of carbonyl (C=O) groups is 2. The molecule has 1 aliphatic heterocycles. The molecule has 1 aliphatic rings. The molecular formula is C26H29F3N6O3. The molecule has 9 nitrogen and oxygen atoms in total. The van der Waals surface area contributed by atoms with Crippen molar-refractivity contribution in [2.45, 2.75) is 58.0 Å². The van der Waals surface area contributed by atoms with Crippen LogP contribution in [0.5, 0.6) is 0 Å². The van der Waals surface area contributed by atoms with Gasteiger partial charge in [-0.3, -0.25) is 14.5 Å². The lowest BCUT2D eigenvalue weighted by Gasteiger charge is -2.32. The maximum absolute atomic E-state index is 13.9. The molecule has 0 aliphatic carbocycles. The van der Waals surface area contributed by atoms with Crippen LogP contribution in [-0.4, -0.2) is 57.3 Å². The van der Waals surface area contributed by atoms with Crippen LogP contribution in [0.15, 0.2) is 48.5 Å². The van der Waals surface area contributed by atoms with Crippen molar-refractivity contribution in [1.29, 1.82) is 0 Å². The first-order valence-electron chi connectivity index (χ1n) is 12.4. The molecule has 1 saturated heterocycles. The molecule has 2 aromatic carbocycles. The van der Waals surface area contributed by atoms with Crippen LogP contribution < -0.4 is 10.2 Å². The lowest BCUT2D eigenvalue weighted by atomic mass is 10.1. The van der Waals surface area contributed by atoms with Crippen LogP contribution in [0.4, 0.5) is 18.9 Å². The van der Waals surface area contributed by atoms with Crippen LogP contribution in [0.1, 0.15) is 37.3 Å². The molecule has 1 fully saturated rings. The third kappa shape index (κ3) is 6.36. The summed E-state index contributed by atoms with van der Waals surface area (Å²) in [4.78, 5) is 28.7. The van der Waals surface area contributed by atoms with E-state index < -0.39 is 41.8 Å².